The van der Waals surface area contributed by atoms with Gasteiger partial charge in [0.25, 0.3) is 0 Å². The number of aliphatic hydroxyl groups is 1. The largest absolute Gasteiger partial charge is 0.416 e. The highest BCUT2D eigenvalue weighted by Crippen LogP contribution is 2.32. The molecule has 5 nitrogen and oxygen atoms in total. The number of halogens is 4. The normalized spacial score (nSPS) is 18.9. The number of nitrogens with zero attached hydrogens (tertiary/aromatic N) is 1. The van der Waals surface area contributed by atoms with Crippen LogP contribution in [0.1, 0.15) is 24.0 Å². The van der Waals surface area contributed by atoms with Crippen LogP contribution in [0.15, 0.2) is 77.7 Å². The van der Waals surface area contributed by atoms with Crippen molar-refractivity contribution in [2.45, 2.75) is 42.5 Å². The Balaban J connectivity index is 1.46. The van der Waals surface area contributed by atoms with Gasteiger partial charge in [-0.15, -0.1) is 0 Å². The topological polar surface area (TPSA) is 74.7 Å². The number of ketones is 1. The third-order valence-electron chi connectivity index (χ3n) is 6.16. The van der Waals surface area contributed by atoms with Crippen LogP contribution in [-0.2, 0) is 27.4 Å². The van der Waals surface area contributed by atoms with E-state index in [9.17, 15) is 35.9 Å². The number of carbonyl (C=O) groups excluding carboxylic acids is 1. The highest BCUT2D eigenvalue weighted by molar-refractivity contribution is 7.89. The van der Waals surface area contributed by atoms with Crippen molar-refractivity contribution in [3.63, 3.8) is 0 Å². The molecular formula is C26H23F4NO4S. The van der Waals surface area contributed by atoms with Gasteiger partial charge in [0.15, 0.2) is 5.78 Å². The first-order chi connectivity index (χ1) is 16.9. The second-order valence-corrected chi connectivity index (χ2v) is 10.6. The van der Waals surface area contributed by atoms with Crippen molar-refractivity contribution < 1.29 is 35.9 Å². The molecule has 0 saturated carbocycles. The Hall–Kier alpha value is -3.08. The molecule has 10 heteroatoms. The molecule has 0 aromatic heterocycles. The number of aliphatic hydroxyl groups excluding tert-OH is 1. The third kappa shape index (κ3) is 5.66. The predicted octanol–water partition coefficient (Wildman–Crippen LogP) is 4.84. The fraction of sp³-hybridized carbons (Fsp3) is 0.269. The standard InChI is InChI=1S/C26H23F4NO4S/c27-21-9-11-23(12-10-21)36(34,35)31-16-22(32)15-24(31)25(33)13-4-17-2-1-3-19(14-17)18-5-7-20(8-6-18)26(28,29)30/h1-3,5-12,14,22,24,32H,4,13,15-16H2/t22-,24-/m0/s1. The van der Waals surface area contributed by atoms with Gasteiger partial charge in [0, 0.05) is 13.0 Å². The summed E-state index contributed by atoms with van der Waals surface area (Å²) in [6.07, 6.45) is -5.18. The van der Waals surface area contributed by atoms with Crippen LogP contribution in [0.25, 0.3) is 11.1 Å². The van der Waals surface area contributed by atoms with Crippen LogP contribution in [-0.4, -0.2) is 42.3 Å². The number of alkyl halides is 3. The molecule has 0 radical (unpaired) electrons. The molecule has 0 spiro atoms. The Labute approximate surface area is 206 Å². The number of sulfonamides is 1. The molecule has 0 unspecified atom stereocenters. The maximum Gasteiger partial charge on any atom is 0.416 e. The summed E-state index contributed by atoms with van der Waals surface area (Å²) in [5.74, 6) is -0.960. The van der Waals surface area contributed by atoms with Gasteiger partial charge in [0.05, 0.1) is 22.6 Å². The van der Waals surface area contributed by atoms with E-state index < -0.39 is 39.7 Å². The second kappa shape index (κ2) is 10.1. The zero-order chi connectivity index (χ0) is 26.1. The van der Waals surface area contributed by atoms with Crippen molar-refractivity contribution in [3.05, 3.63) is 89.7 Å². The second-order valence-electron chi connectivity index (χ2n) is 8.68. The van der Waals surface area contributed by atoms with Crippen LogP contribution in [0, 0.1) is 5.82 Å². The molecule has 1 aliphatic rings. The Morgan fingerprint density at radius 1 is 0.972 bits per heavy atom. The van der Waals surface area contributed by atoms with Crippen molar-refractivity contribution in [2.24, 2.45) is 0 Å². The van der Waals surface area contributed by atoms with E-state index in [1.54, 1.807) is 24.3 Å². The van der Waals surface area contributed by atoms with E-state index in [0.29, 0.717) is 11.1 Å². The molecule has 3 aromatic carbocycles. The van der Waals surface area contributed by atoms with Crippen molar-refractivity contribution in [1.82, 2.24) is 4.31 Å². The zero-order valence-corrected chi connectivity index (χ0v) is 19.8. The van der Waals surface area contributed by atoms with E-state index in [0.717, 1.165) is 46.3 Å². The molecule has 36 heavy (non-hydrogen) atoms. The van der Waals surface area contributed by atoms with E-state index in [2.05, 4.69) is 0 Å². The zero-order valence-electron chi connectivity index (χ0n) is 19.0. The number of Topliss-reactive ketones (excluding diaryl/α,β-unsaturated/α-hetero) is 1. The summed E-state index contributed by atoms with van der Waals surface area (Å²) < 4.78 is 78.7. The van der Waals surface area contributed by atoms with Gasteiger partial charge in [-0.05, 0) is 65.9 Å². The average Bonchev–Trinajstić information content (AvgIpc) is 3.25. The number of carbonyl (C=O) groups is 1. The Kier molecular flexibility index (Phi) is 7.31. The molecule has 1 fully saturated rings. The van der Waals surface area contributed by atoms with Gasteiger partial charge >= 0.3 is 6.18 Å². The molecule has 1 N–H and O–H groups in total. The number of β-amino-alcohol motifs (C(OH)–C–C–N with tert-alkyl or cyclic N) is 1. The van der Waals surface area contributed by atoms with Gasteiger partial charge in [-0.3, -0.25) is 4.79 Å². The minimum Gasteiger partial charge on any atom is -0.392 e. The van der Waals surface area contributed by atoms with Gasteiger partial charge in [-0.1, -0.05) is 36.4 Å². The average molecular weight is 522 g/mol. The van der Waals surface area contributed by atoms with E-state index in [1.165, 1.54) is 12.1 Å². The van der Waals surface area contributed by atoms with Crippen molar-refractivity contribution in [3.8, 4) is 11.1 Å². The lowest BCUT2D eigenvalue weighted by molar-refractivity contribution is -0.137. The van der Waals surface area contributed by atoms with E-state index in [-0.39, 0.29) is 36.5 Å². The SMILES string of the molecule is O=C(CCc1cccc(-c2ccc(C(F)(F)F)cc2)c1)[C@@H]1C[C@H](O)CN1S(=O)(=O)c1ccc(F)cc1. The monoisotopic (exact) mass is 521 g/mol. The molecule has 0 aliphatic carbocycles. The number of hydrogen-bond donors (Lipinski definition) is 1. The Morgan fingerprint density at radius 3 is 2.28 bits per heavy atom. The fourth-order valence-electron chi connectivity index (χ4n) is 4.28. The molecular weight excluding hydrogens is 498 g/mol. The number of hydrogen-bond acceptors (Lipinski definition) is 4. The van der Waals surface area contributed by atoms with Gasteiger partial charge in [-0.25, -0.2) is 12.8 Å². The van der Waals surface area contributed by atoms with Crippen LogP contribution in [0.2, 0.25) is 0 Å². The minimum absolute atomic E-state index is 0.00326. The Morgan fingerprint density at radius 2 is 1.64 bits per heavy atom. The smallest absolute Gasteiger partial charge is 0.392 e. The van der Waals surface area contributed by atoms with Gasteiger partial charge in [0.2, 0.25) is 10.0 Å². The quantitative estimate of drug-likeness (QED) is 0.452. The first-order valence-electron chi connectivity index (χ1n) is 11.2. The summed E-state index contributed by atoms with van der Waals surface area (Å²) in [6, 6.07) is 15.0. The molecule has 2 atom stereocenters. The maximum atomic E-state index is 13.2. The fourth-order valence-corrected chi connectivity index (χ4v) is 5.93. The summed E-state index contributed by atoms with van der Waals surface area (Å²) in [6.45, 7) is -0.237. The van der Waals surface area contributed by atoms with E-state index in [1.807, 2.05) is 0 Å². The van der Waals surface area contributed by atoms with Gasteiger partial charge in [-0.2, -0.15) is 17.5 Å². The summed E-state index contributed by atoms with van der Waals surface area (Å²) >= 11 is 0. The lowest BCUT2D eigenvalue weighted by Crippen LogP contribution is -2.40. The molecule has 190 valence electrons. The summed E-state index contributed by atoms with van der Waals surface area (Å²) in [4.78, 5) is 12.8. The number of benzene rings is 3. The van der Waals surface area contributed by atoms with Crippen LogP contribution in [0.3, 0.4) is 0 Å². The third-order valence-corrected chi connectivity index (χ3v) is 8.05. The molecule has 0 bridgehead atoms. The molecule has 4 rings (SSSR count). The maximum absolute atomic E-state index is 13.2. The van der Waals surface area contributed by atoms with E-state index in [4.69, 9.17) is 0 Å². The van der Waals surface area contributed by atoms with Crippen molar-refractivity contribution >= 4 is 15.8 Å². The van der Waals surface area contributed by atoms with Gasteiger partial charge in [0.1, 0.15) is 5.82 Å². The predicted molar refractivity (Wildman–Crippen MR) is 125 cm³/mol. The summed E-state index contributed by atoms with van der Waals surface area (Å²) in [5, 5.41) is 10.1. The summed E-state index contributed by atoms with van der Waals surface area (Å²) in [5.41, 5.74) is 1.29. The van der Waals surface area contributed by atoms with Crippen LogP contribution in [0.5, 0.6) is 0 Å². The molecule has 1 aliphatic heterocycles. The highest BCUT2D eigenvalue weighted by atomic mass is 32.2. The number of aryl methyl sites for hydroxylation is 1. The van der Waals surface area contributed by atoms with Gasteiger partial charge < -0.3 is 5.11 Å². The molecule has 3 aromatic rings. The van der Waals surface area contributed by atoms with Crippen LogP contribution in [0.4, 0.5) is 17.6 Å². The first kappa shape index (κ1) is 26.0. The minimum atomic E-state index is -4.42. The van der Waals surface area contributed by atoms with Crippen molar-refractivity contribution in [2.75, 3.05) is 6.54 Å². The van der Waals surface area contributed by atoms with Crippen molar-refractivity contribution in [1.29, 1.82) is 0 Å². The molecule has 1 saturated heterocycles. The number of rotatable bonds is 7. The first-order valence-corrected chi connectivity index (χ1v) is 12.6. The summed E-state index contributed by atoms with van der Waals surface area (Å²) in [7, 11) is -4.12. The lowest BCUT2D eigenvalue weighted by Gasteiger charge is -2.23. The Bertz CT molecular complexity index is 1340. The van der Waals surface area contributed by atoms with Crippen LogP contribution >= 0.6 is 0 Å². The lowest BCUT2D eigenvalue weighted by atomic mass is 9.98. The molecule has 1 heterocycles. The molecule has 0 amide bonds. The highest BCUT2D eigenvalue weighted by Gasteiger charge is 2.42. The van der Waals surface area contributed by atoms with E-state index >= 15 is 0 Å². The van der Waals surface area contributed by atoms with Crippen LogP contribution < -0.4 is 0 Å².